The maximum absolute atomic E-state index is 12.3. The number of urea groups is 1. The summed E-state index contributed by atoms with van der Waals surface area (Å²) >= 11 is 0. The number of hydrogen-bond donors (Lipinski definition) is 1. The van der Waals surface area contributed by atoms with Crippen LogP contribution in [0.5, 0.6) is 0 Å². The standard InChI is InChI=1S/C17H25N5O/c1-13(2)11-14(3)21(4)17(23)19-12-15-7-5-8-18-16(15)22-10-6-9-20-22/h5-10,13-14H,11-12H2,1-4H3,(H,19,23)/t14-/m1/s1. The number of aromatic nitrogens is 3. The van der Waals surface area contributed by atoms with Crippen LogP contribution in [-0.2, 0) is 6.54 Å². The van der Waals surface area contributed by atoms with E-state index in [-0.39, 0.29) is 12.1 Å². The number of carbonyl (C=O) groups excluding carboxylic acids is 1. The van der Waals surface area contributed by atoms with Crippen molar-refractivity contribution in [1.29, 1.82) is 0 Å². The highest BCUT2D eigenvalue weighted by Crippen LogP contribution is 2.12. The number of amides is 2. The summed E-state index contributed by atoms with van der Waals surface area (Å²) in [5.41, 5.74) is 0.925. The van der Waals surface area contributed by atoms with Crippen molar-refractivity contribution in [3.63, 3.8) is 0 Å². The molecule has 0 aliphatic heterocycles. The Balaban J connectivity index is 2.00. The molecule has 0 bridgehead atoms. The zero-order chi connectivity index (χ0) is 16.8. The third-order valence-corrected chi connectivity index (χ3v) is 3.81. The highest BCUT2D eigenvalue weighted by molar-refractivity contribution is 5.74. The minimum absolute atomic E-state index is 0.0755. The van der Waals surface area contributed by atoms with Crippen molar-refractivity contribution < 1.29 is 4.79 Å². The Morgan fingerprint density at radius 2 is 2.09 bits per heavy atom. The number of nitrogens with one attached hydrogen (secondary N) is 1. The van der Waals surface area contributed by atoms with Crippen LogP contribution in [0, 0.1) is 5.92 Å². The van der Waals surface area contributed by atoms with Crippen molar-refractivity contribution >= 4 is 6.03 Å². The molecule has 0 aliphatic carbocycles. The van der Waals surface area contributed by atoms with Gasteiger partial charge in [-0.05, 0) is 31.4 Å². The Morgan fingerprint density at radius 1 is 1.30 bits per heavy atom. The molecule has 0 radical (unpaired) electrons. The maximum atomic E-state index is 12.3. The Morgan fingerprint density at radius 3 is 2.74 bits per heavy atom. The molecule has 0 aromatic carbocycles. The zero-order valence-corrected chi connectivity index (χ0v) is 14.2. The molecule has 1 N–H and O–H groups in total. The molecule has 0 saturated carbocycles. The molecule has 2 rings (SSSR count). The van der Waals surface area contributed by atoms with E-state index in [2.05, 4.69) is 36.2 Å². The minimum Gasteiger partial charge on any atom is -0.334 e. The van der Waals surface area contributed by atoms with Crippen molar-refractivity contribution in [3.05, 3.63) is 42.4 Å². The summed E-state index contributed by atoms with van der Waals surface area (Å²) < 4.78 is 1.70. The lowest BCUT2D eigenvalue weighted by Gasteiger charge is -2.26. The first kappa shape index (κ1) is 17.0. The number of hydrogen-bond acceptors (Lipinski definition) is 3. The first-order chi connectivity index (χ1) is 11.0. The summed E-state index contributed by atoms with van der Waals surface area (Å²) in [5.74, 6) is 1.29. The third kappa shape index (κ3) is 4.55. The highest BCUT2D eigenvalue weighted by Gasteiger charge is 2.17. The Bertz CT molecular complexity index is 624. The van der Waals surface area contributed by atoms with Gasteiger partial charge in [0.1, 0.15) is 0 Å². The second-order valence-electron chi connectivity index (χ2n) is 6.18. The van der Waals surface area contributed by atoms with Crippen LogP contribution in [0.1, 0.15) is 32.8 Å². The van der Waals surface area contributed by atoms with Crippen LogP contribution in [0.25, 0.3) is 5.82 Å². The van der Waals surface area contributed by atoms with E-state index in [0.29, 0.717) is 12.5 Å². The van der Waals surface area contributed by atoms with Crippen LogP contribution in [0.2, 0.25) is 0 Å². The molecule has 6 heteroatoms. The molecule has 124 valence electrons. The van der Waals surface area contributed by atoms with Crippen LogP contribution >= 0.6 is 0 Å². The fourth-order valence-corrected chi connectivity index (χ4v) is 2.50. The predicted molar refractivity (Wildman–Crippen MR) is 90.3 cm³/mol. The summed E-state index contributed by atoms with van der Waals surface area (Å²) in [5, 5.41) is 7.16. The van der Waals surface area contributed by atoms with E-state index in [1.165, 1.54) is 0 Å². The van der Waals surface area contributed by atoms with Crippen molar-refractivity contribution in [1.82, 2.24) is 25.0 Å². The molecule has 2 heterocycles. The summed E-state index contributed by atoms with van der Waals surface area (Å²) in [6, 6.07) is 5.78. The molecular formula is C17H25N5O. The number of carbonyl (C=O) groups is 1. The van der Waals surface area contributed by atoms with Crippen LogP contribution in [-0.4, -0.2) is 38.8 Å². The van der Waals surface area contributed by atoms with Gasteiger partial charge in [-0.1, -0.05) is 19.9 Å². The van der Waals surface area contributed by atoms with Gasteiger partial charge in [-0.2, -0.15) is 5.10 Å². The molecule has 0 unspecified atom stereocenters. The summed E-state index contributed by atoms with van der Waals surface area (Å²) in [4.78, 5) is 18.4. The average Bonchev–Trinajstić information content (AvgIpc) is 3.05. The fourth-order valence-electron chi connectivity index (χ4n) is 2.50. The Labute approximate surface area is 137 Å². The van der Waals surface area contributed by atoms with E-state index < -0.39 is 0 Å². The van der Waals surface area contributed by atoms with E-state index in [1.54, 1.807) is 22.0 Å². The molecule has 2 amide bonds. The lowest BCUT2D eigenvalue weighted by Crippen LogP contribution is -2.42. The van der Waals surface area contributed by atoms with Gasteiger partial charge in [0.2, 0.25) is 0 Å². The van der Waals surface area contributed by atoms with Gasteiger partial charge >= 0.3 is 6.03 Å². The van der Waals surface area contributed by atoms with Crippen molar-refractivity contribution in [3.8, 4) is 5.82 Å². The highest BCUT2D eigenvalue weighted by atomic mass is 16.2. The topological polar surface area (TPSA) is 63.1 Å². The second kappa shape index (κ2) is 7.76. The van der Waals surface area contributed by atoms with E-state index in [4.69, 9.17) is 0 Å². The molecule has 6 nitrogen and oxygen atoms in total. The van der Waals surface area contributed by atoms with Gasteiger partial charge in [-0.3, -0.25) is 0 Å². The number of rotatable bonds is 6. The Kier molecular flexibility index (Phi) is 5.73. The van der Waals surface area contributed by atoms with Gasteiger partial charge in [0, 0.05) is 43.8 Å². The van der Waals surface area contributed by atoms with Crippen molar-refractivity contribution in [2.75, 3.05) is 7.05 Å². The van der Waals surface area contributed by atoms with Gasteiger partial charge < -0.3 is 10.2 Å². The first-order valence-corrected chi connectivity index (χ1v) is 7.93. The van der Waals surface area contributed by atoms with Gasteiger partial charge in [-0.15, -0.1) is 0 Å². The normalized spacial score (nSPS) is 12.2. The van der Waals surface area contributed by atoms with Crippen LogP contribution < -0.4 is 5.32 Å². The molecule has 0 saturated heterocycles. The number of pyridine rings is 1. The SMILES string of the molecule is CC(C)C[C@@H](C)N(C)C(=O)NCc1cccnc1-n1cccn1. The fraction of sp³-hybridized carbons (Fsp3) is 0.471. The van der Waals surface area contributed by atoms with E-state index in [1.807, 2.05) is 31.4 Å². The summed E-state index contributed by atoms with van der Waals surface area (Å²) in [6.07, 6.45) is 6.25. The molecule has 0 fully saturated rings. The lowest BCUT2D eigenvalue weighted by atomic mass is 10.0. The Hall–Kier alpha value is -2.37. The minimum atomic E-state index is -0.0755. The summed E-state index contributed by atoms with van der Waals surface area (Å²) in [7, 11) is 1.83. The maximum Gasteiger partial charge on any atom is 0.317 e. The van der Waals surface area contributed by atoms with Gasteiger partial charge in [0.05, 0.1) is 0 Å². The average molecular weight is 315 g/mol. The molecule has 2 aromatic rings. The molecule has 1 atom stereocenters. The van der Waals surface area contributed by atoms with Gasteiger partial charge in [0.15, 0.2) is 5.82 Å². The molecule has 0 aliphatic rings. The van der Waals surface area contributed by atoms with E-state index in [9.17, 15) is 4.79 Å². The van der Waals surface area contributed by atoms with Crippen LogP contribution in [0.3, 0.4) is 0 Å². The molecule has 2 aromatic heterocycles. The largest absolute Gasteiger partial charge is 0.334 e. The second-order valence-corrected chi connectivity index (χ2v) is 6.18. The van der Waals surface area contributed by atoms with E-state index in [0.717, 1.165) is 17.8 Å². The zero-order valence-electron chi connectivity index (χ0n) is 14.2. The van der Waals surface area contributed by atoms with Gasteiger partial charge in [-0.25, -0.2) is 14.5 Å². The third-order valence-electron chi connectivity index (χ3n) is 3.81. The molecule has 23 heavy (non-hydrogen) atoms. The van der Waals surface area contributed by atoms with Crippen LogP contribution in [0.15, 0.2) is 36.8 Å². The predicted octanol–water partition coefficient (Wildman–Crippen LogP) is 2.84. The van der Waals surface area contributed by atoms with Gasteiger partial charge in [0.25, 0.3) is 0 Å². The van der Waals surface area contributed by atoms with Crippen molar-refractivity contribution in [2.45, 2.75) is 39.8 Å². The van der Waals surface area contributed by atoms with Crippen molar-refractivity contribution in [2.24, 2.45) is 5.92 Å². The number of nitrogens with zero attached hydrogens (tertiary/aromatic N) is 4. The quantitative estimate of drug-likeness (QED) is 0.891. The lowest BCUT2D eigenvalue weighted by molar-refractivity contribution is 0.186. The van der Waals surface area contributed by atoms with E-state index >= 15 is 0 Å². The summed E-state index contributed by atoms with van der Waals surface area (Å²) in [6.45, 7) is 6.81. The van der Waals surface area contributed by atoms with Crippen LogP contribution in [0.4, 0.5) is 4.79 Å². The monoisotopic (exact) mass is 315 g/mol. The molecular weight excluding hydrogens is 290 g/mol. The molecule has 0 spiro atoms. The first-order valence-electron chi connectivity index (χ1n) is 7.93. The smallest absolute Gasteiger partial charge is 0.317 e.